The number of ether oxygens (including phenoxy) is 1. The molecule has 1 rings (SSSR count). The molecule has 0 aliphatic rings. The lowest BCUT2D eigenvalue weighted by atomic mass is 9.81. The molecule has 19 heavy (non-hydrogen) atoms. The maximum absolute atomic E-state index is 12.3. The first kappa shape index (κ1) is 16.2. The smallest absolute Gasteiger partial charge is 0.313 e. The number of hydrogen-bond acceptors (Lipinski definition) is 3. The minimum atomic E-state index is -0.777. The van der Waals surface area contributed by atoms with Gasteiger partial charge in [-0.1, -0.05) is 28.1 Å². The molecule has 0 radical (unpaired) electrons. The van der Waals surface area contributed by atoms with E-state index in [1.165, 1.54) is 0 Å². The van der Waals surface area contributed by atoms with Crippen molar-refractivity contribution in [2.45, 2.75) is 46.3 Å². The fourth-order valence-electron chi connectivity index (χ4n) is 1.62. The van der Waals surface area contributed by atoms with E-state index in [0.29, 0.717) is 0 Å². The summed E-state index contributed by atoms with van der Waals surface area (Å²) in [5.41, 5.74) is 5.86. The van der Waals surface area contributed by atoms with E-state index < -0.39 is 17.1 Å². The molecular formula is C15H22BrNO2. The van der Waals surface area contributed by atoms with Crippen LogP contribution < -0.4 is 5.73 Å². The predicted octanol–water partition coefficient (Wildman–Crippen LogP) is 3.82. The van der Waals surface area contributed by atoms with E-state index in [2.05, 4.69) is 15.9 Å². The summed E-state index contributed by atoms with van der Waals surface area (Å²) >= 11 is 3.38. The first-order valence-electron chi connectivity index (χ1n) is 6.28. The zero-order valence-electron chi connectivity index (χ0n) is 12.2. The summed E-state index contributed by atoms with van der Waals surface area (Å²) in [7, 11) is 0. The summed E-state index contributed by atoms with van der Waals surface area (Å²) in [6, 6.07) is 7.26. The van der Waals surface area contributed by atoms with E-state index in [9.17, 15) is 4.79 Å². The van der Waals surface area contributed by atoms with Crippen molar-refractivity contribution in [2.75, 3.05) is 0 Å². The van der Waals surface area contributed by atoms with Crippen molar-refractivity contribution in [1.29, 1.82) is 0 Å². The monoisotopic (exact) mass is 327 g/mol. The SMILES string of the molecule is CC(C)(C)OC(=O)C(C)(C)C(N)c1ccc(Br)cc1. The number of halogens is 1. The second kappa shape index (κ2) is 5.63. The van der Waals surface area contributed by atoms with Gasteiger partial charge in [0, 0.05) is 10.5 Å². The van der Waals surface area contributed by atoms with Crippen LogP contribution in [0.1, 0.15) is 46.2 Å². The Hall–Kier alpha value is -0.870. The molecule has 1 atom stereocenters. The zero-order chi connectivity index (χ0) is 14.8. The summed E-state index contributed by atoms with van der Waals surface area (Å²) in [6.45, 7) is 9.19. The molecule has 0 aliphatic carbocycles. The van der Waals surface area contributed by atoms with E-state index in [-0.39, 0.29) is 5.97 Å². The topological polar surface area (TPSA) is 52.3 Å². The largest absolute Gasteiger partial charge is 0.460 e. The number of rotatable bonds is 3. The van der Waals surface area contributed by atoms with Gasteiger partial charge in [0.05, 0.1) is 5.41 Å². The van der Waals surface area contributed by atoms with Crippen LogP contribution in [-0.2, 0) is 9.53 Å². The Balaban J connectivity index is 2.92. The van der Waals surface area contributed by atoms with Gasteiger partial charge in [-0.3, -0.25) is 4.79 Å². The lowest BCUT2D eigenvalue weighted by molar-refractivity contribution is -0.167. The van der Waals surface area contributed by atoms with Crippen LogP contribution in [-0.4, -0.2) is 11.6 Å². The van der Waals surface area contributed by atoms with Crippen molar-refractivity contribution in [3.8, 4) is 0 Å². The summed E-state index contributed by atoms with van der Waals surface area (Å²) in [5, 5.41) is 0. The Morgan fingerprint density at radius 1 is 1.16 bits per heavy atom. The molecule has 3 nitrogen and oxygen atoms in total. The Morgan fingerprint density at radius 3 is 2.05 bits per heavy atom. The highest BCUT2D eigenvalue weighted by Gasteiger charge is 2.38. The van der Waals surface area contributed by atoms with E-state index in [4.69, 9.17) is 10.5 Å². The fraction of sp³-hybridized carbons (Fsp3) is 0.533. The molecule has 4 heteroatoms. The maximum Gasteiger partial charge on any atom is 0.313 e. The van der Waals surface area contributed by atoms with Gasteiger partial charge in [0.1, 0.15) is 5.60 Å². The highest BCUT2D eigenvalue weighted by atomic mass is 79.9. The summed E-state index contributed by atoms with van der Waals surface area (Å²) < 4.78 is 6.43. The van der Waals surface area contributed by atoms with Gasteiger partial charge in [-0.15, -0.1) is 0 Å². The van der Waals surface area contributed by atoms with Crippen LogP contribution >= 0.6 is 15.9 Å². The number of carbonyl (C=O) groups excluding carboxylic acids is 1. The molecule has 2 N–H and O–H groups in total. The van der Waals surface area contributed by atoms with Crippen LogP contribution in [0.15, 0.2) is 28.7 Å². The average molecular weight is 328 g/mol. The van der Waals surface area contributed by atoms with E-state index in [0.717, 1.165) is 10.0 Å². The van der Waals surface area contributed by atoms with Crippen LogP contribution in [0.25, 0.3) is 0 Å². The van der Waals surface area contributed by atoms with Crippen LogP contribution in [0.3, 0.4) is 0 Å². The van der Waals surface area contributed by atoms with Gasteiger partial charge in [-0.05, 0) is 52.3 Å². The highest BCUT2D eigenvalue weighted by Crippen LogP contribution is 2.34. The molecule has 1 aromatic carbocycles. The summed E-state index contributed by atoms with van der Waals surface area (Å²) in [6.07, 6.45) is 0. The van der Waals surface area contributed by atoms with E-state index in [1.54, 1.807) is 0 Å². The highest BCUT2D eigenvalue weighted by molar-refractivity contribution is 9.10. The number of nitrogens with two attached hydrogens (primary N) is 1. The molecule has 1 unspecified atom stereocenters. The summed E-state index contributed by atoms with van der Waals surface area (Å²) in [4.78, 5) is 12.3. The van der Waals surface area contributed by atoms with Crippen molar-refractivity contribution in [2.24, 2.45) is 11.1 Å². The third-order valence-electron chi connectivity index (χ3n) is 2.93. The van der Waals surface area contributed by atoms with Gasteiger partial charge in [-0.25, -0.2) is 0 Å². The third-order valence-corrected chi connectivity index (χ3v) is 3.46. The van der Waals surface area contributed by atoms with Gasteiger partial charge >= 0.3 is 5.97 Å². The molecule has 0 amide bonds. The second-order valence-corrected chi connectivity index (χ2v) is 7.17. The Morgan fingerprint density at radius 2 is 1.63 bits per heavy atom. The van der Waals surface area contributed by atoms with Crippen molar-refractivity contribution in [1.82, 2.24) is 0 Å². The second-order valence-electron chi connectivity index (χ2n) is 6.25. The molecule has 0 bridgehead atoms. The quantitative estimate of drug-likeness (QED) is 0.858. The Labute approximate surface area is 123 Å². The van der Waals surface area contributed by atoms with Crippen LogP contribution in [0.2, 0.25) is 0 Å². The predicted molar refractivity (Wildman–Crippen MR) is 80.7 cm³/mol. The minimum Gasteiger partial charge on any atom is -0.460 e. The first-order valence-corrected chi connectivity index (χ1v) is 7.08. The Bertz CT molecular complexity index is 446. The molecule has 0 aliphatic heterocycles. The lowest BCUT2D eigenvalue weighted by Crippen LogP contribution is -2.41. The van der Waals surface area contributed by atoms with Gasteiger partial charge in [-0.2, -0.15) is 0 Å². The van der Waals surface area contributed by atoms with Crippen molar-refractivity contribution >= 4 is 21.9 Å². The van der Waals surface area contributed by atoms with Crippen molar-refractivity contribution in [3.05, 3.63) is 34.3 Å². The number of carbonyl (C=O) groups is 1. The molecule has 0 saturated carbocycles. The van der Waals surface area contributed by atoms with Crippen molar-refractivity contribution < 1.29 is 9.53 Å². The van der Waals surface area contributed by atoms with Crippen LogP contribution in [0.4, 0.5) is 0 Å². The standard InChI is InChI=1S/C15H22BrNO2/c1-14(2,3)19-13(18)15(4,5)12(17)10-6-8-11(16)9-7-10/h6-9,12H,17H2,1-5H3. The molecular weight excluding hydrogens is 306 g/mol. The number of hydrogen-bond donors (Lipinski definition) is 1. The van der Waals surface area contributed by atoms with Gasteiger partial charge in [0.2, 0.25) is 0 Å². The molecule has 0 aromatic heterocycles. The van der Waals surface area contributed by atoms with Gasteiger partial charge in [0.15, 0.2) is 0 Å². The average Bonchev–Trinajstić information content (AvgIpc) is 2.26. The normalized spacial score (nSPS) is 14.1. The van der Waals surface area contributed by atoms with Crippen molar-refractivity contribution in [3.63, 3.8) is 0 Å². The number of benzene rings is 1. The maximum atomic E-state index is 12.3. The minimum absolute atomic E-state index is 0.282. The molecule has 0 saturated heterocycles. The molecule has 106 valence electrons. The first-order chi connectivity index (χ1) is 8.54. The Kier molecular flexibility index (Phi) is 4.80. The number of esters is 1. The van der Waals surface area contributed by atoms with Crippen LogP contribution in [0.5, 0.6) is 0 Å². The third kappa shape index (κ3) is 4.32. The van der Waals surface area contributed by atoms with Crippen LogP contribution in [0, 0.1) is 5.41 Å². The fourth-order valence-corrected chi connectivity index (χ4v) is 1.89. The molecule has 0 spiro atoms. The lowest BCUT2D eigenvalue weighted by Gasteiger charge is -2.33. The summed E-state index contributed by atoms with van der Waals surface area (Å²) in [5.74, 6) is -0.282. The molecule has 1 aromatic rings. The van der Waals surface area contributed by atoms with Gasteiger partial charge in [0.25, 0.3) is 0 Å². The molecule has 0 heterocycles. The zero-order valence-corrected chi connectivity index (χ0v) is 13.7. The molecule has 0 fully saturated rings. The van der Waals surface area contributed by atoms with Gasteiger partial charge < -0.3 is 10.5 Å². The van der Waals surface area contributed by atoms with E-state index in [1.807, 2.05) is 58.9 Å². The van der Waals surface area contributed by atoms with E-state index >= 15 is 0 Å².